The van der Waals surface area contributed by atoms with E-state index in [0.29, 0.717) is 13.0 Å². The van der Waals surface area contributed by atoms with E-state index in [1.165, 1.54) is 12.3 Å². The molecule has 0 bridgehead atoms. The molecule has 0 radical (unpaired) electrons. The van der Waals surface area contributed by atoms with Gasteiger partial charge in [-0.25, -0.2) is 0 Å². The van der Waals surface area contributed by atoms with E-state index in [1.54, 1.807) is 13.2 Å². The van der Waals surface area contributed by atoms with Gasteiger partial charge in [0.1, 0.15) is 6.04 Å². The number of carbonyl (C=O) groups is 2. The van der Waals surface area contributed by atoms with Gasteiger partial charge in [0.25, 0.3) is 11.8 Å². The number of hydrogen-bond donors (Lipinski definition) is 4. The van der Waals surface area contributed by atoms with Crippen molar-refractivity contribution in [2.24, 2.45) is 0 Å². The normalized spacial score (nSPS) is 12.5. The molecule has 0 saturated heterocycles. The van der Waals surface area contributed by atoms with Gasteiger partial charge in [0.2, 0.25) is 0 Å². The Morgan fingerprint density at radius 2 is 1.86 bits per heavy atom. The van der Waals surface area contributed by atoms with E-state index in [4.69, 9.17) is 21.4 Å². The van der Waals surface area contributed by atoms with Crippen LogP contribution >= 0.6 is 12.2 Å². The summed E-state index contributed by atoms with van der Waals surface area (Å²) in [5.74, 6) is -0.785. The summed E-state index contributed by atoms with van der Waals surface area (Å²) in [6.07, 6.45) is 1.70. The first-order valence-corrected chi connectivity index (χ1v) is 9.14. The third kappa shape index (κ3) is 7.01. The summed E-state index contributed by atoms with van der Waals surface area (Å²) in [7, 11) is 1.59. The number of rotatable bonds is 8. The molecule has 0 fully saturated rings. The number of ether oxygens (including phenoxy) is 1. The molecule has 0 saturated carbocycles. The van der Waals surface area contributed by atoms with Gasteiger partial charge in [-0.15, -0.1) is 0 Å². The fourth-order valence-corrected chi connectivity index (χ4v) is 2.71. The molecule has 0 aliphatic carbocycles. The van der Waals surface area contributed by atoms with Gasteiger partial charge in [-0.05, 0) is 36.8 Å². The Hall–Kier alpha value is -2.91. The summed E-state index contributed by atoms with van der Waals surface area (Å²) in [6.45, 7) is 2.35. The van der Waals surface area contributed by atoms with Crippen molar-refractivity contribution in [1.29, 1.82) is 0 Å². The predicted octanol–water partition coefficient (Wildman–Crippen LogP) is 1.15. The molecule has 1 aromatic carbocycles. The molecular weight excluding hydrogens is 380 g/mol. The molecule has 1 aromatic heterocycles. The van der Waals surface area contributed by atoms with Crippen molar-refractivity contribution < 1.29 is 18.7 Å². The van der Waals surface area contributed by atoms with Crippen molar-refractivity contribution in [2.45, 2.75) is 25.4 Å². The van der Waals surface area contributed by atoms with Crippen molar-refractivity contribution in [3.63, 3.8) is 0 Å². The molecule has 9 heteroatoms. The lowest BCUT2D eigenvalue weighted by molar-refractivity contribution is -0.123. The second kappa shape index (κ2) is 11.1. The number of methoxy groups -OCH3 is 1. The van der Waals surface area contributed by atoms with Crippen molar-refractivity contribution in [1.82, 2.24) is 21.5 Å². The Morgan fingerprint density at radius 1 is 1.11 bits per heavy atom. The largest absolute Gasteiger partial charge is 0.459 e. The maximum atomic E-state index is 12.6. The number of nitrogens with one attached hydrogen (secondary N) is 4. The summed E-state index contributed by atoms with van der Waals surface area (Å²) >= 11 is 5.14. The van der Waals surface area contributed by atoms with Crippen molar-refractivity contribution in [3.8, 4) is 0 Å². The van der Waals surface area contributed by atoms with Gasteiger partial charge in [-0.1, -0.05) is 30.3 Å². The minimum atomic E-state index is -0.827. The molecule has 0 aliphatic rings. The van der Waals surface area contributed by atoms with E-state index in [1.807, 2.05) is 37.3 Å². The summed E-state index contributed by atoms with van der Waals surface area (Å²) in [6, 6.07) is 11.7. The van der Waals surface area contributed by atoms with E-state index in [9.17, 15) is 9.59 Å². The minimum Gasteiger partial charge on any atom is -0.459 e. The Balaban J connectivity index is 1.98. The van der Waals surface area contributed by atoms with Gasteiger partial charge in [0.15, 0.2) is 10.9 Å². The SMILES string of the molecule is COC[C@@H](C)NC(=S)NNC(=O)[C@H](Cc1ccccc1)NC(=O)c1ccco1. The molecular formula is C19H24N4O4S. The molecule has 150 valence electrons. The standard InChI is InChI=1S/C19H24N4O4S/c1-13(12-26-2)20-19(28)23-22-17(24)15(11-14-7-4-3-5-8-14)21-18(25)16-9-6-10-27-16/h3-10,13,15H,11-12H2,1-2H3,(H,21,25)(H,22,24)(H2,20,23,28)/t13-,15+/m1/s1. The maximum absolute atomic E-state index is 12.6. The smallest absolute Gasteiger partial charge is 0.287 e. The van der Waals surface area contributed by atoms with Crippen molar-refractivity contribution in [3.05, 3.63) is 60.1 Å². The van der Waals surface area contributed by atoms with Gasteiger partial charge in [-0.2, -0.15) is 0 Å². The van der Waals surface area contributed by atoms with Crippen LogP contribution in [0.3, 0.4) is 0 Å². The molecule has 2 rings (SSSR count). The lowest BCUT2D eigenvalue weighted by Gasteiger charge is -2.20. The summed E-state index contributed by atoms with van der Waals surface area (Å²) in [5.41, 5.74) is 6.06. The third-order valence-electron chi connectivity index (χ3n) is 3.74. The van der Waals surface area contributed by atoms with E-state index in [-0.39, 0.29) is 16.9 Å². The number of hydrogen-bond acceptors (Lipinski definition) is 5. The number of furan rings is 1. The Kier molecular flexibility index (Phi) is 8.44. The Morgan fingerprint density at radius 3 is 2.50 bits per heavy atom. The molecule has 4 N–H and O–H groups in total. The zero-order valence-corrected chi connectivity index (χ0v) is 16.5. The van der Waals surface area contributed by atoms with Gasteiger partial charge in [-0.3, -0.25) is 20.4 Å². The second-order valence-corrected chi connectivity index (χ2v) is 6.55. The van der Waals surface area contributed by atoms with Crippen LogP contribution in [0.15, 0.2) is 53.1 Å². The van der Waals surface area contributed by atoms with Gasteiger partial charge in [0, 0.05) is 19.6 Å². The third-order valence-corrected chi connectivity index (χ3v) is 3.96. The Labute approximate surface area is 169 Å². The van der Waals surface area contributed by atoms with E-state index in [0.717, 1.165) is 5.56 Å². The molecule has 8 nitrogen and oxygen atoms in total. The van der Waals surface area contributed by atoms with E-state index >= 15 is 0 Å². The number of carbonyl (C=O) groups excluding carboxylic acids is 2. The number of benzene rings is 1. The lowest BCUT2D eigenvalue weighted by atomic mass is 10.1. The van der Waals surface area contributed by atoms with Crippen LogP contribution in [0.2, 0.25) is 0 Å². The molecule has 0 aliphatic heterocycles. The average Bonchev–Trinajstić information content (AvgIpc) is 3.21. The highest BCUT2D eigenvalue weighted by molar-refractivity contribution is 7.80. The molecule has 0 spiro atoms. The predicted molar refractivity (Wildman–Crippen MR) is 108 cm³/mol. The highest BCUT2D eigenvalue weighted by Crippen LogP contribution is 2.06. The first-order valence-electron chi connectivity index (χ1n) is 8.73. The number of amides is 2. The lowest BCUT2D eigenvalue weighted by Crippen LogP contribution is -2.56. The fraction of sp³-hybridized carbons (Fsp3) is 0.316. The molecule has 2 atom stereocenters. The van der Waals surface area contributed by atoms with Crippen molar-refractivity contribution >= 4 is 29.1 Å². The van der Waals surface area contributed by atoms with Crippen LogP contribution in [0.5, 0.6) is 0 Å². The minimum absolute atomic E-state index is 0.0272. The molecule has 2 aromatic rings. The van der Waals surface area contributed by atoms with Crippen LogP contribution in [0.4, 0.5) is 0 Å². The highest BCUT2D eigenvalue weighted by atomic mass is 32.1. The van der Waals surface area contributed by atoms with Crippen LogP contribution < -0.4 is 21.5 Å². The van der Waals surface area contributed by atoms with Crippen LogP contribution in [0, 0.1) is 0 Å². The molecule has 2 amide bonds. The maximum Gasteiger partial charge on any atom is 0.287 e. The van der Waals surface area contributed by atoms with Crippen molar-refractivity contribution in [2.75, 3.05) is 13.7 Å². The molecule has 1 heterocycles. The fourth-order valence-electron chi connectivity index (χ4n) is 2.45. The Bertz CT molecular complexity index is 768. The number of thiocarbonyl (C=S) groups is 1. The molecule has 28 heavy (non-hydrogen) atoms. The van der Waals surface area contributed by atoms with Gasteiger partial charge in [0.05, 0.1) is 12.9 Å². The van der Waals surface area contributed by atoms with Crippen LogP contribution in [-0.2, 0) is 16.0 Å². The summed E-state index contributed by atoms with van der Waals surface area (Å²) in [5, 5.41) is 5.89. The van der Waals surface area contributed by atoms with Crippen LogP contribution in [0.25, 0.3) is 0 Å². The highest BCUT2D eigenvalue weighted by Gasteiger charge is 2.23. The quantitative estimate of drug-likeness (QED) is 0.386. The monoisotopic (exact) mass is 404 g/mol. The number of hydrazine groups is 1. The first kappa shape index (κ1) is 21.4. The van der Waals surface area contributed by atoms with Gasteiger partial charge < -0.3 is 19.8 Å². The van der Waals surface area contributed by atoms with E-state index < -0.39 is 17.9 Å². The summed E-state index contributed by atoms with van der Waals surface area (Å²) < 4.78 is 10.1. The molecule has 0 unspecified atom stereocenters. The second-order valence-electron chi connectivity index (χ2n) is 6.14. The summed E-state index contributed by atoms with van der Waals surface area (Å²) in [4.78, 5) is 24.9. The van der Waals surface area contributed by atoms with Crippen LogP contribution in [0.1, 0.15) is 23.0 Å². The zero-order chi connectivity index (χ0) is 20.4. The van der Waals surface area contributed by atoms with Crippen LogP contribution in [-0.4, -0.2) is 42.7 Å². The van der Waals surface area contributed by atoms with Gasteiger partial charge >= 0.3 is 0 Å². The van der Waals surface area contributed by atoms with E-state index in [2.05, 4.69) is 21.5 Å². The first-order chi connectivity index (χ1) is 13.5. The average molecular weight is 404 g/mol. The zero-order valence-electron chi connectivity index (χ0n) is 15.7. The topological polar surface area (TPSA) is 105 Å².